The number of nitrogens with zero attached hydrogens (tertiary/aromatic N) is 1. The number of hydrogen-bond donors (Lipinski definition) is 1. The van der Waals surface area contributed by atoms with Gasteiger partial charge in [-0.2, -0.15) is 0 Å². The molecule has 0 spiro atoms. The molecule has 0 saturated heterocycles. The maximum absolute atomic E-state index is 8.36. The first-order chi connectivity index (χ1) is 1.73. The fourth-order valence-electron chi connectivity index (χ4n) is 0. The first kappa shape index (κ1) is 23.0. The van der Waals surface area contributed by atoms with Crippen molar-refractivity contribution in [2.75, 3.05) is 0 Å². The van der Waals surface area contributed by atoms with E-state index < -0.39 is 5.09 Å². The molecule has 0 aromatic heterocycles. The Morgan fingerprint density at radius 2 is 1.43 bits per heavy atom. The van der Waals surface area contributed by atoms with Crippen LogP contribution in [0.25, 0.3) is 0 Å². The number of halogens is 1. The fraction of sp³-hybridized carbons (Fsp3) is 0. The molecule has 7 heavy (non-hydrogen) atoms. The Labute approximate surface area is 107 Å². The second kappa shape index (κ2) is 15.7. The van der Waals surface area contributed by atoms with Crippen LogP contribution in [0.2, 0.25) is 0 Å². The molecule has 0 aliphatic carbocycles. The summed E-state index contributed by atoms with van der Waals surface area (Å²) >= 11 is 0. The van der Waals surface area contributed by atoms with Gasteiger partial charge in [-0.05, 0) is 0 Å². The Bertz CT molecular complexity index is 35.9. The Morgan fingerprint density at radius 1 is 1.43 bits per heavy atom. The molecule has 0 aliphatic heterocycles. The van der Waals surface area contributed by atoms with Crippen LogP contribution in [0, 0.1) is 86.5 Å². The van der Waals surface area contributed by atoms with E-state index in [2.05, 4.69) is 0 Å². The molecule has 0 radical (unpaired) electrons. The number of rotatable bonds is 0. The van der Waals surface area contributed by atoms with Gasteiger partial charge in [-0.1, -0.05) is 0 Å². The van der Waals surface area contributed by atoms with Crippen LogP contribution in [-0.2, 0) is 0 Å². The van der Waals surface area contributed by atoms with Crippen LogP contribution >= 0.6 is 12.4 Å². The third kappa shape index (κ3) is 70.6. The second-order valence-corrected chi connectivity index (χ2v) is 0.238. The quantitative estimate of drug-likeness (QED) is 0.442. The summed E-state index contributed by atoms with van der Waals surface area (Å²) in [5.74, 6) is 0. The molecule has 0 aromatic rings. The zero-order valence-electron chi connectivity index (χ0n) is 2.75. The van der Waals surface area contributed by atoms with Gasteiger partial charge < -0.3 is 5.21 Å². The van der Waals surface area contributed by atoms with Crippen LogP contribution < -0.4 is 0 Å². The first-order valence-electron chi connectivity index (χ1n) is 0.565. The van der Waals surface area contributed by atoms with Crippen molar-refractivity contribution in [2.24, 2.45) is 0 Å². The summed E-state index contributed by atoms with van der Waals surface area (Å²) in [7, 11) is 0. The van der Waals surface area contributed by atoms with Gasteiger partial charge in [0.05, 0.1) is 0 Å². The maximum atomic E-state index is 8.36. The standard InChI is InChI=1S/ClH.2Dy.HNO3/c;;;2-1(3)4/h1H;;;(H,2,3,4). The maximum Gasteiger partial charge on any atom is 0.291 e. The van der Waals surface area contributed by atoms with Crippen molar-refractivity contribution in [3.05, 3.63) is 10.1 Å². The molecule has 0 saturated carbocycles. The van der Waals surface area contributed by atoms with Gasteiger partial charge in [0.25, 0.3) is 5.09 Å². The minimum absolute atomic E-state index is 0. The van der Waals surface area contributed by atoms with Gasteiger partial charge in [0.2, 0.25) is 0 Å². The van der Waals surface area contributed by atoms with Gasteiger partial charge in [-0.3, -0.25) is 0 Å². The van der Waals surface area contributed by atoms with Crippen molar-refractivity contribution < 1.29 is 86.6 Å². The molecule has 0 bridgehead atoms. The van der Waals surface area contributed by atoms with Crippen molar-refractivity contribution >= 4 is 12.4 Å². The molecule has 0 fully saturated rings. The Morgan fingerprint density at radius 3 is 1.43 bits per heavy atom. The Balaban J connectivity index is -0.0000000150. The van der Waals surface area contributed by atoms with Crippen LogP contribution in [0.3, 0.4) is 0 Å². The van der Waals surface area contributed by atoms with Crippen LogP contribution in [0.4, 0.5) is 0 Å². The summed E-state index contributed by atoms with van der Waals surface area (Å²) in [5.41, 5.74) is 0. The average molecular weight is 424 g/mol. The molecule has 1 N–H and O–H groups in total. The summed E-state index contributed by atoms with van der Waals surface area (Å²) in [6.45, 7) is 0. The van der Waals surface area contributed by atoms with Crippen molar-refractivity contribution in [1.29, 1.82) is 0 Å². The predicted molar refractivity (Wildman–Crippen MR) is 16.0 cm³/mol. The van der Waals surface area contributed by atoms with E-state index in [-0.39, 0.29) is 88.8 Å². The summed E-state index contributed by atoms with van der Waals surface area (Å²) in [5, 5.41) is 13.6. The van der Waals surface area contributed by atoms with Crippen molar-refractivity contribution in [2.45, 2.75) is 0 Å². The van der Waals surface area contributed by atoms with Crippen molar-refractivity contribution in [3.63, 3.8) is 0 Å². The van der Waals surface area contributed by atoms with Gasteiger partial charge in [0, 0.05) is 76.3 Å². The second-order valence-electron chi connectivity index (χ2n) is 0.238. The average Bonchev–Trinajstić information content (AvgIpc) is 0.811. The molecule has 7 heteroatoms. The van der Waals surface area contributed by atoms with Crippen LogP contribution in [0.15, 0.2) is 0 Å². The van der Waals surface area contributed by atoms with E-state index in [4.69, 9.17) is 15.3 Å². The van der Waals surface area contributed by atoms with Crippen molar-refractivity contribution in [3.8, 4) is 0 Å². The van der Waals surface area contributed by atoms with Gasteiger partial charge >= 0.3 is 0 Å². The zero-order chi connectivity index (χ0) is 3.58. The van der Waals surface area contributed by atoms with Crippen LogP contribution in [-0.4, -0.2) is 10.3 Å². The van der Waals surface area contributed by atoms with Crippen molar-refractivity contribution in [1.82, 2.24) is 0 Å². The molecule has 0 heterocycles. The molecule has 0 rings (SSSR count). The largest absolute Gasteiger partial charge is 0.328 e. The minimum Gasteiger partial charge on any atom is -0.328 e. The summed E-state index contributed by atoms with van der Waals surface area (Å²) in [6, 6.07) is 0. The third-order valence-electron chi connectivity index (χ3n) is 0. The van der Waals surface area contributed by atoms with E-state index >= 15 is 0 Å². The molecule has 0 atom stereocenters. The van der Waals surface area contributed by atoms with Gasteiger partial charge in [-0.25, -0.2) is 0 Å². The topological polar surface area (TPSA) is 63.4 Å². The Hall–Kier alpha value is 2.04. The zero-order valence-corrected chi connectivity index (χ0v) is 7.63. The smallest absolute Gasteiger partial charge is 0.291 e. The van der Waals surface area contributed by atoms with Gasteiger partial charge in [0.1, 0.15) is 0 Å². The molecule has 4 nitrogen and oxygen atoms in total. The van der Waals surface area contributed by atoms with Gasteiger partial charge in [0.15, 0.2) is 0 Å². The predicted octanol–water partition coefficient (Wildman–Crippen LogP) is 0.0741. The monoisotopic (exact) mass is 427 g/mol. The molecule has 0 amide bonds. The van der Waals surface area contributed by atoms with E-state index in [1.54, 1.807) is 0 Å². The van der Waals surface area contributed by atoms with E-state index in [1.807, 2.05) is 0 Å². The van der Waals surface area contributed by atoms with E-state index in [0.29, 0.717) is 0 Å². The Kier molecular flexibility index (Phi) is 51.6. The fourth-order valence-corrected chi connectivity index (χ4v) is 0. The normalized spacial score (nSPS) is 3.43. The molecule has 0 aromatic carbocycles. The molecule has 0 unspecified atom stereocenters. The van der Waals surface area contributed by atoms with Crippen LogP contribution in [0.1, 0.15) is 0 Å². The SMILES string of the molecule is Cl.O=[N+]([O-])O.[Dy].[Dy]. The molecular weight excluding hydrogens is 422 g/mol. The molecule has 52 valence electrons. The van der Waals surface area contributed by atoms with Gasteiger partial charge in [-0.15, -0.1) is 22.5 Å². The molecule has 0 aliphatic rings. The molecular formula is H2ClDy2NO3. The summed E-state index contributed by atoms with van der Waals surface area (Å²) in [6.07, 6.45) is 0. The van der Waals surface area contributed by atoms with E-state index in [9.17, 15) is 0 Å². The summed E-state index contributed by atoms with van der Waals surface area (Å²) < 4.78 is 0. The summed E-state index contributed by atoms with van der Waals surface area (Å²) in [4.78, 5) is 8.36. The van der Waals surface area contributed by atoms with E-state index in [1.165, 1.54) is 0 Å². The van der Waals surface area contributed by atoms with E-state index in [0.717, 1.165) is 0 Å². The number of hydrogen-bond acceptors (Lipinski definition) is 2. The first-order valence-corrected chi connectivity index (χ1v) is 0.565. The third-order valence-corrected chi connectivity index (χ3v) is 0. The minimum atomic E-state index is -1.50. The van der Waals surface area contributed by atoms with Crippen LogP contribution in [0.5, 0.6) is 0 Å².